The van der Waals surface area contributed by atoms with E-state index in [0.29, 0.717) is 24.9 Å². The molecule has 0 saturated carbocycles. The monoisotopic (exact) mass is 296 g/mol. The SMILES string of the molecule is NCCc1cccc(C(=O)NCC2CCCS2(=O)=O)c1. The van der Waals surface area contributed by atoms with Crippen LogP contribution in [0.1, 0.15) is 28.8 Å². The third-order valence-electron chi connectivity index (χ3n) is 3.58. The lowest BCUT2D eigenvalue weighted by molar-refractivity contribution is 0.0953. The van der Waals surface area contributed by atoms with Crippen LogP contribution in [-0.4, -0.2) is 38.4 Å². The standard InChI is InChI=1S/C14H20N2O3S/c15-7-6-11-3-1-4-12(9-11)14(17)16-10-13-5-2-8-20(13,18)19/h1,3-4,9,13H,2,5-8,10,15H2,(H,16,17). The summed E-state index contributed by atoms with van der Waals surface area (Å²) in [6, 6.07) is 7.25. The molecule has 0 radical (unpaired) electrons. The van der Waals surface area contributed by atoms with Gasteiger partial charge in [0, 0.05) is 12.1 Å². The lowest BCUT2D eigenvalue weighted by Crippen LogP contribution is -2.34. The molecule has 1 heterocycles. The number of benzene rings is 1. The molecule has 0 bridgehead atoms. The van der Waals surface area contributed by atoms with Crippen LogP contribution in [0.2, 0.25) is 0 Å². The van der Waals surface area contributed by atoms with Gasteiger partial charge in [0.05, 0.1) is 11.0 Å². The fourth-order valence-corrected chi connectivity index (χ4v) is 4.20. The number of nitrogens with one attached hydrogen (secondary N) is 1. The maximum Gasteiger partial charge on any atom is 0.251 e. The third kappa shape index (κ3) is 3.58. The molecular formula is C14H20N2O3S. The zero-order chi connectivity index (χ0) is 14.6. The van der Waals surface area contributed by atoms with Crippen molar-refractivity contribution in [3.8, 4) is 0 Å². The zero-order valence-corrected chi connectivity index (χ0v) is 12.2. The topological polar surface area (TPSA) is 89.3 Å². The predicted molar refractivity (Wildman–Crippen MR) is 78.3 cm³/mol. The predicted octanol–water partition coefficient (Wildman–Crippen LogP) is 0.495. The summed E-state index contributed by atoms with van der Waals surface area (Å²) < 4.78 is 23.4. The first-order valence-electron chi connectivity index (χ1n) is 6.82. The van der Waals surface area contributed by atoms with Crippen LogP contribution in [0.5, 0.6) is 0 Å². The Morgan fingerprint density at radius 3 is 2.85 bits per heavy atom. The molecule has 2 rings (SSSR count). The van der Waals surface area contributed by atoms with Crippen molar-refractivity contribution in [2.45, 2.75) is 24.5 Å². The van der Waals surface area contributed by atoms with Crippen LogP contribution in [-0.2, 0) is 16.3 Å². The summed E-state index contributed by atoms with van der Waals surface area (Å²) in [5, 5.41) is 2.28. The summed E-state index contributed by atoms with van der Waals surface area (Å²) in [6.45, 7) is 0.730. The Kier molecular flexibility index (Phi) is 4.77. The summed E-state index contributed by atoms with van der Waals surface area (Å²) >= 11 is 0. The van der Waals surface area contributed by atoms with Crippen LogP contribution in [0.25, 0.3) is 0 Å². The second-order valence-electron chi connectivity index (χ2n) is 5.08. The van der Waals surface area contributed by atoms with Gasteiger partial charge in [-0.1, -0.05) is 12.1 Å². The highest BCUT2D eigenvalue weighted by Crippen LogP contribution is 2.19. The van der Waals surface area contributed by atoms with Crippen molar-refractivity contribution in [2.24, 2.45) is 5.73 Å². The molecule has 20 heavy (non-hydrogen) atoms. The molecule has 6 heteroatoms. The fourth-order valence-electron chi connectivity index (χ4n) is 2.43. The number of carbonyl (C=O) groups is 1. The van der Waals surface area contributed by atoms with E-state index in [9.17, 15) is 13.2 Å². The van der Waals surface area contributed by atoms with Crippen LogP contribution in [0, 0.1) is 0 Å². The Morgan fingerprint density at radius 1 is 1.40 bits per heavy atom. The lowest BCUT2D eigenvalue weighted by atomic mass is 10.1. The van der Waals surface area contributed by atoms with Gasteiger partial charge in [-0.3, -0.25) is 4.79 Å². The number of carbonyl (C=O) groups excluding carboxylic acids is 1. The van der Waals surface area contributed by atoms with E-state index in [1.165, 1.54) is 0 Å². The highest BCUT2D eigenvalue weighted by molar-refractivity contribution is 7.92. The maximum atomic E-state index is 12.0. The minimum absolute atomic E-state index is 0.197. The van der Waals surface area contributed by atoms with E-state index in [1.807, 2.05) is 12.1 Å². The Balaban J connectivity index is 1.96. The van der Waals surface area contributed by atoms with E-state index in [2.05, 4.69) is 5.32 Å². The maximum absolute atomic E-state index is 12.0. The number of hydrogen-bond donors (Lipinski definition) is 2. The molecule has 1 aliphatic heterocycles. The molecule has 0 aromatic heterocycles. The fraction of sp³-hybridized carbons (Fsp3) is 0.500. The van der Waals surface area contributed by atoms with Crippen LogP contribution < -0.4 is 11.1 Å². The van der Waals surface area contributed by atoms with Crippen molar-refractivity contribution in [3.05, 3.63) is 35.4 Å². The molecule has 110 valence electrons. The van der Waals surface area contributed by atoms with Crippen LogP contribution in [0.3, 0.4) is 0 Å². The van der Waals surface area contributed by atoms with Crippen molar-refractivity contribution in [1.82, 2.24) is 5.32 Å². The van der Waals surface area contributed by atoms with Gasteiger partial charge in [0.15, 0.2) is 9.84 Å². The van der Waals surface area contributed by atoms with Gasteiger partial charge in [-0.25, -0.2) is 8.42 Å². The summed E-state index contributed by atoms with van der Waals surface area (Å²) in [6.07, 6.45) is 2.04. The van der Waals surface area contributed by atoms with Gasteiger partial charge in [0.25, 0.3) is 5.91 Å². The summed E-state index contributed by atoms with van der Waals surface area (Å²) in [5.41, 5.74) is 7.05. The van der Waals surface area contributed by atoms with Gasteiger partial charge >= 0.3 is 0 Å². The average molecular weight is 296 g/mol. The Morgan fingerprint density at radius 2 is 2.20 bits per heavy atom. The lowest BCUT2D eigenvalue weighted by Gasteiger charge is -2.11. The number of amides is 1. The summed E-state index contributed by atoms with van der Waals surface area (Å²) in [5.74, 6) is 0.00506. The first kappa shape index (κ1) is 15.0. The number of nitrogens with two attached hydrogens (primary N) is 1. The molecule has 1 unspecified atom stereocenters. The Hall–Kier alpha value is -1.40. The smallest absolute Gasteiger partial charge is 0.251 e. The highest BCUT2D eigenvalue weighted by atomic mass is 32.2. The third-order valence-corrected chi connectivity index (χ3v) is 5.85. The molecule has 0 spiro atoms. The molecular weight excluding hydrogens is 276 g/mol. The quantitative estimate of drug-likeness (QED) is 0.828. The summed E-state index contributed by atoms with van der Waals surface area (Å²) in [7, 11) is -3.01. The van der Waals surface area contributed by atoms with Gasteiger partial charge in [0.2, 0.25) is 0 Å². The molecule has 1 aliphatic rings. The van der Waals surface area contributed by atoms with Crippen molar-refractivity contribution in [3.63, 3.8) is 0 Å². The minimum atomic E-state index is -3.01. The summed E-state index contributed by atoms with van der Waals surface area (Å²) in [4.78, 5) is 12.0. The number of rotatable bonds is 5. The Bertz CT molecular complexity index is 584. The van der Waals surface area contributed by atoms with Gasteiger partial charge in [-0.2, -0.15) is 0 Å². The highest BCUT2D eigenvalue weighted by Gasteiger charge is 2.31. The molecule has 3 N–H and O–H groups in total. The largest absolute Gasteiger partial charge is 0.351 e. The van der Waals surface area contributed by atoms with E-state index in [-0.39, 0.29) is 18.2 Å². The molecule has 5 nitrogen and oxygen atoms in total. The van der Waals surface area contributed by atoms with E-state index in [4.69, 9.17) is 5.73 Å². The van der Waals surface area contributed by atoms with Crippen molar-refractivity contribution in [2.75, 3.05) is 18.8 Å². The Labute approximate surface area is 119 Å². The van der Waals surface area contributed by atoms with Gasteiger partial charge in [0.1, 0.15) is 0 Å². The zero-order valence-electron chi connectivity index (χ0n) is 11.3. The molecule has 1 atom stereocenters. The molecule has 1 fully saturated rings. The van der Waals surface area contributed by atoms with Crippen molar-refractivity contribution < 1.29 is 13.2 Å². The average Bonchev–Trinajstić information content (AvgIpc) is 2.76. The van der Waals surface area contributed by atoms with E-state index in [1.54, 1.807) is 12.1 Å². The molecule has 1 saturated heterocycles. The normalized spacial score (nSPS) is 20.8. The number of sulfone groups is 1. The van der Waals surface area contributed by atoms with Gasteiger partial charge in [-0.15, -0.1) is 0 Å². The van der Waals surface area contributed by atoms with E-state index < -0.39 is 15.1 Å². The van der Waals surface area contributed by atoms with Crippen LogP contribution in [0.4, 0.5) is 0 Å². The first-order chi connectivity index (χ1) is 9.53. The van der Waals surface area contributed by atoms with Crippen LogP contribution in [0.15, 0.2) is 24.3 Å². The van der Waals surface area contributed by atoms with Crippen molar-refractivity contribution in [1.29, 1.82) is 0 Å². The molecule has 1 aromatic rings. The van der Waals surface area contributed by atoms with E-state index >= 15 is 0 Å². The number of hydrogen-bond acceptors (Lipinski definition) is 4. The molecule has 0 aliphatic carbocycles. The minimum Gasteiger partial charge on any atom is -0.351 e. The second-order valence-corrected chi connectivity index (χ2v) is 7.48. The van der Waals surface area contributed by atoms with Gasteiger partial charge in [-0.05, 0) is 43.5 Å². The van der Waals surface area contributed by atoms with Gasteiger partial charge < -0.3 is 11.1 Å². The van der Waals surface area contributed by atoms with Crippen LogP contribution >= 0.6 is 0 Å². The first-order valence-corrected chi connectivity index (χ1v) is 8.53. The van der Waals surface area contributed by atoms with E-state index in [0.717, 1.165) is 12.0 Å². The molecule has 1 amide bonds. The second kappa shape index (κ2) is 6.37. The molecule has 1 aromatic carbocycles. The van der Waals surface area contributed by atoms with Crippen molar-refractivity contribution >= 4 is 15.7 Å².